The van der Waals surface area contributed by atoms with Crippen molar-refractivity contribution < 1.29 is 52.5 Å². The van der Waals surface area contributed by atoms with Crippen molar-refractivity contribution in [2.75, 3.05) is 13.7 Å². The number of hydrogen-bond donors (Lipinski definition) is 1. The largest absolute Gasteiger partial charge is 0.387 e. The maximum absolute atomic E-state index is 12.2. The van der Waals surface area contributed by atoms with Crippen LogP contribution in [0.15, 0.2) is 182 Å². The van der Waals surface area contributed by atoms with Crippen LogP contribution in [0.25, 0.3) is 0 Å². The van der Waals surface area contributed by atoms with Gasteiger partial charge in [0.1, 0.15) is 42.7 Å². The highest BCUT2D eigenvalue weighted by Crippen LogP contribution is 2.34. The molecule has 11 heteroatoms. The summed E-state index contributed by atoms with van der Waals surface area (Å²) in [6, 6.07) is 59.2. The topological polar surface area (TPSA) is 113 Å². The molecular weight excluding hydrogens is 825 g/mol. The van der Waals surface area contributed by atoms with Crippen molar-refractivity contribution in [3.63, 3.8) is 0 Å². The second-order valence-corrected chi connectivity index (χ2v) is 16.1. The number of hydrogen-bond acceptors (Lipinski definition) is 11. The van der Waals surface area contributed by atoms with E-state index in [4.69, 9.17) is 47.4 Å². The van der Waals surface area contributed by atoms with Crippen molar-refractivity contribution in [3.8, 4) is 0 Å². The molecule has 8 rings (SSSR count). The fraction of sp³-hybridized carbons (Fsp3) is 0.333. The lowest BCUT2D eigenvalue weighted by molar-refractivity contribution is -0.379. The Kier molecular flexibility index (Phi) is 17.4. The molecule has 2 aliphatic heterocycles. The predicted octanol–water partition coefficient (Wildman–Crippen LogP) is 8.56. The van der Waals surface area contributed by atoms with Crippen LogP contribution in [0.4, 0.5) is 0 Å². The molecule has 0 unspecified atom stereocenters. The molecule has 0 aliphatic carbocycles. The van der Waals surface area contributed by atoms with Crippen LogP contribution in [0.5, 0.6) is 0 Å². The molecule has 2 fully saturated rings. The first-order chi connectivity index (χ1) is 32.1. The van der Waals surface area contributed by atoms with Crippen LogP contribution in [0.2, 0.25) is 0 Å². The van der Waals surface area contributed by atoms with Crippen molar-refractivity contribution in [3.05, 3.63) is 215 Å². The first-order valence-electron chi connectivity index (χ1n) is 22.2. The molecule has 6 aromatic carbocycles. The quantitative estimate of drug-likeness (QED) is 0.0708. The van der Waals surface area contributed by atoms with Gasteiger partial charge >= 0.3 is 0 Å². The molecule has 2 heterocycles. The van der Waals surface area contributed by atoms with Gasteiger partial charge in [0.05, 0.1) is 46.2 Å². The molecule has 65 heavy (non-hydrogen) atoms. The molecule has 6 aromatic rings. The van der Waals surface area contributed by atoms with E-state index in [1.54, 1.807) is 7.11 Å². The number of methoxy groups -OCH3 is 1. The summed E-state index contributed by atoms with van der Waals surface area (Å²) in [5, 5.41) is 12.2. The van der Waals surface area contributed by atoms with E-state index >= 15 is 0 Å². The number of ether oxygens (including phenoxy) is 10. The molecule has 0 spiro atoms. The summed E-state index contributed by atoms with van der Waals surface area (Å²) in [7, 11) is 1.55. The average molecular weight is 883 g/mol. The summed E-state index contributed by atoms with van der Waals surface area (Å²) in [5.74, 6) is 0. The molecule has 0 bridgehead atoms. The lowest BCUT2D eigenvalue weighted by Crippen LogP contribution is -2.63. The van der Waals surface area contributed by atoms with Crippen LogP contribution in [0.1, 0.15) is 33.4 Å². The summed E-state index contributed by atoms with van der Waals surface area (Å²) in [6.07, 6.45) is -9.10. The maximum atomic E-state index is 12.2. The molecule has 11 nitrogen and oxygen atoms in total. The van der Waals surface area contributed by atoms with Gasteiger partial charge in [0.2, 0.25) is 0 Å². The van der Waals surface area contributed by atoms with Crippen LogP contribution in [-0.4, -0.2) is 80.4 Å². The summed E-state index contributed by atoms with van der Waals surface area (Å²) in [4.78, 5) is 0. The highest BCUT2D eigenvalue weighted by Gasteiger charge is 2.52. The van der Waals surface area contributed by atoms with E-state index in [1.165, 1.54) is 0 Å². The molecule has 10 atom stereocenters. The SMILES string of the molecule is CO[C@H]1O[C@H](CO[C@@H]2O[C@H](OCc3ccccc3)[C@@H](OCc3ccccc3)[C@H](OCc3ccccc3)[C@@H]2OCc2ccccc2)[C@H](O)[C@H](OCc2ccccc2)[C@H]1OCc1ccccc1. The van der Waals surface area contributed by atoms with Gasteiger partial charge in [-0.2, -0.15) is 0 Å². The van der Waals surface area contributed by atoms with E-state index in [0.29, 0.717) is 0 Å². The Morgan fingerprint density at radius 1 is 0.338 bits per heavy atom. The Bertz CT molecular complexity index is 2210. The zero-order valence-corrected chi connectivity index (χ0v) is 36.6. The molecule has 2 saturated heterocycles. The molecule has 0 saturated carbocycles. The van der Waals surface area contributed by atoms with Gasteiger partial charge in [0, 0.05) is 7.11 Å². The average Bonchev–Trinajstić information content (AvgIpc) is 3.37. The van der Waals surface area contributed by atoms with E-state index in [1.807, 2.05) is 182 Å². The third-order valence-corrected chi connectivity index (χ3v) is 11.4. The van der Waals surface area contributed by atoms with E-state index in [0.717, 1.165) is 33.4 Å². The second kappa shape index (κ2) is 24.4. The monoisotopic (exact) mass is 882 g/mol. The molecule has 0 aromatic heterocycles. The summed E-state index contributed by atoms with van der Waals surface area (Å²) < 4.78 is 65.9. The van der Waals surface area contributed by atoms with Crippen molar-refractivity contribution in [1.82, 2.24) is 0 Å². The van der Waals surface area contributed by atoms with Gasteiger partial charge in [-0.25, -0.2) is 0 Å². The normalized spacial score (nSPS) is 25.6. The number of aliphatic hydroxyl groups is 1. The zero-order valence-electron chi connectivity index (χ0n) is 36.6. The Morgan fingerprint density at radius 2 is 0.631 bits per heavy atom. The Labute approximate surface area is 381 Å². The lowest BCUT2D eigenvalue weighted by atomic mass is 9.98. The highest BCUT2D eigenvalue weighted by molar-refractivity contribution is 5.18. The number of benzene rings is 6. The fourth-order valence-electron chi connectivity index (χ4n) is 7.95. The van der Waals surface area contributed by atoms with E-state index < -0.39 is 61.6 Å². The lowest BCUT2D eigenvalue weighted by Gasteiger charge is -2.47. The van der Waals surface area contributed by atoms with Crippen molar-refractivity contribution in [2.24, 2.45) is 0 Å². The van der Waals surface area contributed by atoms with Crippen molar-refractivity contribution in [1.29, 1.82) is 0 Å². The van der Waals surface area contributed by atoms with Crippen LogP contribution >= 0.6 is 0 Å². The molecule has 1 N–H and O–H groups in total. The summed E-state index contributed by atoms with van der Waals surface area (Å²) >= 11 is 0. The van der Waals surface area contributed by atoms with Crippen molar-refractivity contribution in [2.45, 2.75) is 101 Å². The standard InChI is InChI=1S/C54H58O11/c1-56-52-49(59-34-41-24-12-4-13-25-41)47(57-32-39-20-8-2-9-21-39)46(55)45(64-52)38-63-54-51(61-36-43-28-16-6-17-29-43)48(58-33-40-22-10-3-11-23-40)50(60-35-42-26-14-5-15-27-42)53(65-54)62-37-44-30-18-7-19-31-44/h2-31,45-55H,32-38H2,1H3/t45-,46+,47+,48+,49-,50+,51+,52+,53+,54-/m1/s1. The van der Waals surface area contributed by atoms with Gasteiger partial charge in [0.25, 0.3) is 0 Å². The minimum absolute atomic E-state index is 0.139. The minimum atomic E-state index is -1.20. The Balaban J connectivity index is 1.08. The molecule has 0 radical (unpaired) electrons. The smallest absolute Gasteiger partial charge is 0.189 e. The summed E-state index contributed by atoms with van der Waals surface area (Å²) in [6.45, 7) is 1.32. The predicted molar refractivity (Wildman–Crippen MR) is 243 cm³/mol. The number of rotatable bonds is 22. The first-order valence-corrected chi connectivity index (χ1v) is 22.2. The Morgan fingerprint density at radius 3 is 0.985 bits per heavy atom. The van der Waals surface area contributed by atoms with Crippen LogP contribution in [0.3, 0.4) is 0 Å². The van der Waals surface area contributed by atoms with E-state index in [9.17, 15) is 5.11 Å². The van der Waals surface area contributed by atoms with Gasteiger partial charge in [-0.1, -0.05) is 182 Å². The van der Waals surface area contributed by atoms with Gasteiger partial charge in [-0.15, -0.1) is 0 Å². The zero-order chi connectivity index (χ0) is 44.5. The second-order valence-electron chi connectivity index (χ2n) is 16.1. The molecule has 2 aliphatic rings. The summed E-state index contributed by atoms with van der Waals surface area (Å²) in [5.41, 5.74) is 5.75. The molecule has 0 amide bonds. The highest BCUT2D eigenvalue weighted by atomic mass is 16.8. The van der Waals surface area contributed by atoms with Gasteiger partial charge in [-0.3, -0.25) is 0 Å². The third-order valence-electron chi connectivity index (χ3n) is 11.4. The van der Waals surface area contributed by atoms with E-state index in [2.05, 4.69) is 0 Å². The Hall–Kier alpha value is -5.12. The van der Waals surface area contributed by atoms with E-state index in [-0.39, 0.29) is 46.2 Å². The third kappa shape index (κ3) is 13.3. The van der Waals surface area contributed by atoms with Crippen LogP contribution < -0.4 is 0 Å². The van der Waals surface area contributed by atoms with Crippen LogP contribution in [-0.2, 0) is 87.0 Å². The molecule has 340 valence electrons. The van der Waals surface area contributed by atoms with Gasteiger partial charge in [-0.05, 0) is 33.4 Å². The minimum Gasteiger partial charge on any atom is -0.387 e. The van der Waals surface area contributed by atoms with Gasteiger partial charge < -0.3 is 52.5 Å². The van der Waals surface area contributed by atoms with Gasteiger partial charge in [0.15, 0.2) is 18.9 Å². The first kappa shape index (κ1) is 46.4. The van der Waals surface area contributed by atoms with Crippen molar-refractivity contribution >= 4 is 0 Å². The number of aliphatic hydroxyl groups excluding tert-OH is 1. The molecular formula is C54H58O11. The van der Waals surface area contributed by atoms with Crippen LogP contribution in [0, 0.1) is 0 Å². The maximum Gasteiger partial charge on any atom is 0.189 e. The fourth-order valence-corrected chi connectivity index (χ4v) is 7.95.